The van der Waals surface area contributed by atoms with Crippen molar-refractivity contribution in [3.8, 4) is 0 Å². The van der Waals surface area contributed by atoms with Gasteiger partial charge in [0.05, 0.1) is 0 Å². The number of nitrogens with one attached hydrogen (secondary N) is 1. The second-order valence-electron chi connectivity index (χ2n) is 5.08. The lowest BCUT2D eigenvalue weighted by Crippen LogP contribution is -2.27. The lowest BCUT2D eigenvalue weighted by molar-refractivity contribution is 0.272. The summed E-state index contributed by atoms with van der Waals surface area (Å²) in [5.74, 6) is 0. The second kappa shape index (κ2) is 6.18. The fraction of sp³-hybridized carbons (Fsp3) is 0.600. The molecule has 2 nitrogen and oxygen atoms in total. The molecule has 0 amide bonds. The molecule has 1 atom stereocenters. The first-order valence-corrected chi connectivity index (χ1v) is 6.82. The van der Waals surface area contributed by atoms with Crippen LogP contribution in [0.5, 0.6) is 0 Å². The summed E-state index contributed by atoms with van der Waals surface area (Å²) in [7, 11) is 0. The molecule has 1 heterocycles. The molecule has 0 spiro atoms. The van der Waals surface area contributed by atoms with Crippen LogP contribution < -0.4 is 5.32 Å². The van der Waals surface area contributed by atoms with Gasteiger partial charge < -0.3 is 5.32 Å². The molecule has 0 bridgehead atoms. The van der Waals surface area contributed by atoms with Crippen LogP contribution in [0.25, 0.3) is 0 Å². The minimum Gasteiger partial charge on any atom is -0.315 e. The van der Waals surface area contributed by atoms with E-state index in [-0.39, 0.29) is 0 Å². The zero-order chi connectivity index (χ0) is 12.1. The smallest absolute Gasteiger partial charge is 0.0240 e. The molecule has 1 aliphatic rings. The average molecular weight is 232 g/mol. The molecule has 17 heavy (non-hydrogen) atoms. The van der Waals surface area contributed by atoms with E-state index >= 15 is 0 Å². The summed E-state index contributed by atoms with van der Waals surface area (Å²) in [4.78, 5) is 2.56. The lowest BCUT2D eigenvalue weighted by Gasteiger charge is -2.17. The van der Waals surface area contributed by atoms with Gasteiger partial charge in [-0.05, 0) is 44.0 Å². The van der Waals surface area contributed by atoms with Crippen LogP contribution in [0, 0.1) is 0 Å². The van der Waals surface area contributed by atoms with Crippen LogP contribution in [0.4, 0.5) is 0 Å². The van der Waals surface area contributed by atoms with Gasteiger partial charge >= 0.3 is 0 Å². The highest BCUT2D eigenvalue weighted by atomic mass is 15.1. The van der Waals surface area contributed by atoms with Crippen molar-refractivity contribution < 1.29 is 0 Å². The van der Waals surface area contributed by atoms with Gasteiger partial charge in [0.2, 0.25) is 0 Å². The Labute approximate surface area is 105 Å². The predicted molar refractivity (Wildman–Crippen MR) is 72.9 cm³/mol. The van der Waals surface area contributed by atoms with Gasteiger partial charge in [-0.1, -0.05) is 31.2 Å². The molecule has 0 fully saturated rings. The van der Waals surface area contributed by atoms with Crippen molar-refractivity contribution in [3.63, 3.8) is 0 Å². The Bertz CT molecular complexity index is 324. The first kappa shape index (κ1) is 12.6. The molecule has 1 aliphatic heterocycles. The van der Waals surface area contributed by atoms with Gasteiger partial charge in [0, 0.05) is 19.1 Å². The van der Waals surface area contributed by atoms with Gasteiger partial charge in [0.15, 0.2) is 0 Å². The molecule has 1 N–H and O–H groups in total. The van der Waals surface area contributed by atoms with Crippen LogP contribution in [0.2, 0.25) is 0 Å². The fourth-order valence-corrected chi connectivity index (χ4v) is 2.63. The third-order valence-corrected chi connectivity index (χ3v) is 3.57. The van der Waals surface area contributed by atoms with E-state index in [2.05, 4.69) is 48.3 Å². The average Bonchev–Trinajstić information content (AvgIpc) is 2.71. The summed E-state index contributed by atoms with van der Waals surface area (Å²) >= 11 is 0. The van der Waals surface area contributed by atoms with Crippen LogP contribution in [-0.4, -0.2) is 24.0 Å². The van der Waals surface area contributed by atoms with Crippen molar-refractivity contribution in [2.45, 2.75) is 45.8 Å². The number of fused-ring (bicyclic) bond motifs is 1. The van der Waals surface area contributed by atoms with E-state index < -0.39 is 0 Å². The standard InChI is InChI=1S/C15H24N2/c1-3-16-13(2)7-6-10-17-11-14-8-4-5-9-15(14)12-17/h4-5,8-9,13,16H,3,6-7,10-12H2,1-2H3. The van der Waals surface area contributed by atoms with E-state index in [0.717, 1.165) is 19.6 Å². The monoisotopic (exact) mass is 232 g/mol. The van der Waals surface area contributed by atoms with Crippen molar-refractivity contribution in [2.75, 3.05) is 13.1 Å². The fourth-order valence-electron chi connectivity index (χ4n) is 2.63. The normalized spacial score (nSPS) is 17.1. The highest BCUT2D eigenvalue weighted by Crippen LogP contribution is 2.22. The molecule has 1 unspecified atom stereocenters. The Kier molecular flexibility index (Phi) is 4.57. The highest BCUT2D eigenvalue weighted by molar-refractivity contribution is 5.30. The van der Waals surface area contributed by atoms with Gasteiger partial charge in [0.1, 0.15) is 0 Å². The first-order chi connectivity index (χ1) is 8.29. The van der Waals surface area contributed by atoms with E-state index in [1.54, 1.807) is 0 Å². The summed E-state index contributed by atoms with van der Waals surface area (Å²) in [6.07, 6.45) is 2.57. The Hall–Kier alpha value is -0.860. The summed E-state index contributed by atoms with van der Waals surface area (Å²) in [5, 5.41) is 3.47. The van der Waals surface area contributed by atoms with E-state index in [9.17, 15) is 0 Å². The molecule has 2 rings (SSSR count). The van der Waals surface area contributed by atoms with Gasteiger partial charge in [-0.15, -0.1) is 0 Å². The maximum Gasteiger partial charge on any atom is 0.0240 e. The Morgan fingerprint density at radius 1 is 1.24 bits per heavy atom. The zero-order valence-electron chi connectivity index (χ0n) is 11.1. The lowest BCUT2D eigenvalue weighted by atomic mass is 10.1. The molecular weight excluding hydrogens is 208 g/mol. The number of hydrogen-bond donors (Lipinski definition) is 1. The van der Waals surface area contributed by atoms with Crippen LogP contribution in [0.1, 0.15) is 37.8 Å². The van der Waals surface area contributed by atoms with Gasteiger partial charge in [0.25, 0.3) is 0 Å². The Morgan fingerprint density at radius 2 is 1.88 bits per heavy atom. The molecule has 1 aromatic carbocycles. The molecule has 0 aromatic heterocycles. The van der Waals surface area contributed by atoms with E-state index in [0.29, 0.717) is 6.04 Å². The summed E-state index contributed by atoms with van der Waals surface area (Å²) < 4.78 is 0. The van der Waals surface area contributed by atoms with Crippen molar-refractivity contribution in [3.05, 3.63) is 35.4 Å². The SMILES string of the molecule is CCNC(C)CCCN1Cc2ccccc2C1. The number of hydrogen-bond acceptors (Lipinski definition) is 2. The molecule has 0 saturated carbocycles. The van der Waals surface area contributed by atoms with Crippen molar-refractivity contribution in [1.82, 2.24) is 10.2 Å². The molecule has 0 radical (unpaired) electrons. The maximum atomic E-state index is 3.47. The third-order valence-electron chi connectivity index (χ3n) is 3.57. The van der Waals surface area contributed by atoms with Crippen LogP contribution >= 0.6 is 0 Å². The van der Waals surface area contributed by atoms with Crippen LogP contribution in [0.15, 0.2) is 24.3 Å². The Morgan fingerprint density at radius 3 is 2.47 bits per heavy atom. The number of rotatable bonds is 6. The molecular formula is C15H24N2. The van der Waals surface area contributed by atoms with Crippen molar-refractivity contribution in [1.29, 1.82) is 0 Å². The molecule has 2 heteroatoms. The molecule has 94 valence electrons. The number of nitrogens with zero attached hydrogens (tertiary/aromatic N) is 1. The van der Waals surface area contributed by atoms with Gasteiger partial charge in [-0.3, -0.25) is 4.90 Å². The topological polar surface area (TPSA) is 15.3 Å². The minimum atomic E-state index is 0.657. The second-order valence-corrected chi connectivity index (χ2v) is 5.08. The van der Waals surface area contributed by atoms with Gasteiger partial charge in [-0.2, -0.15) is 0 Å². The third kappa shape index (κ3) is 3.55. The molecule has 0 aliphatic carbocycles. The highest BCUT2D eigenvalue weighted by Gasteiger charge is 2.17. The Balaban J connectivity index is 1.70. The van der Waals surface area contributed by atoms with E-state index in [1.165, 1.54) is 30.5 Å². The summed E-state index contributed by atoms with van der Waals surface area (Å²) in [6.45, 7) is 9.05. The maximum absolute atomic E-state index is 3.47. The van der Waals surface area contributed by atoms with Gasteiger partial charge in [-0.25, -0.2) is 0 Å². The number of benzene rings is 1. The summed E-state index contributed by atoms with van der Waals surface area (Å²) in [6, 6.07) is 9.48. The van der Waals surface area contributed by atoms with Crippen LogP contribution in [-0.2, 0) is 13.1 Å². The molecule has 1 aromatic rings. The van der Waals surface area contributed by atoms with Crippen molar-refractivity contribution >= 4 is 0 Å². The largest absolute Gasteiger partial charge is 0.315 e. The van der Waals surface area contributed by atoms with E-state index in [4.69, 9.17) is 0 Å². The summed E-state index contributed by atoms with van der Waals surface area (Å²) in [5.41, 5.74) is 3.04. The zero-order valence-corrected chi connectivity index (χ0v) is 11.1. The van der Waals surface area contributed by atoms with E-state index in [1.807, 2.05) is 0 Å². The predicted octanol–water partition coefficient (Wildman–Crippen LogP) is 2.78. The van der Waals surface area contributed by atoms with Crippen LogP contribution in [0.3, 0.4) is 0 Å². The van der Waals surface area contributed by atoms with Crippen molar-refractivity contribution in [2.24, 2.45) is 0 Å². The quantitative estimate of drug-likeness (QED) is 0.811. The first-order valence-electron chi connectivity index (χ1n) is 6.82. The minimum absolute atomic E-state index is 0.657. The molecule has 0 saturated heterocycles.